The minimum atomic E-state index is -0.432. The lowest BCUT2D eigenvalue weighted by Crippen LogP contribution is -2.59. The average Bonchev–Trinajstić information content (AvgIpc) is 2.94. The molecule has 0 aliphatic carbocycles. The molecule has 0 spiro atoms. The molecule has 0 bridgehead atoms. The highest BCUT2D eigenvalue weighted by Crippen LogP contribution is 2.23. The van der Waals surface area contributed by atoms with E-state index in [9.17, 15) is 4.39 Å². The van der Waals surface area contributed by atoms with Gasteiger partial charge in [-0.05, 0) is 12.1 Å². The van der Waals surface area contributed by atoms with Crippen molar-refractivity contribution in [3.8, 4) is 0 Å². The van der Waals surface area contributed by atoms with Gasteiger partial charge in [-0.25, -0.2) is 14.4 Å². The Morgan fingerprint density at radius 2 is 2.00 bits per heavy atom. The summed E-state index contributed by atoms with van der Waals surface area (Å²) in [4.78, 5) is 12.1. The fourth-order valence-electron chi connectivity index (χ4n) is 2.43. The standard InChI is InChI=1S/C13H13FN8/c1-20(13-15-4-9(14)5-16-13)10-6-21(7-10)12-3-2-11-18-17-8-22(11)19-12/h2-5,8,10H,6-7H2,1H3. The van der Waals surface area contributed by atoms with Crippen molar-refractivity contribution in [1.82, 2.24) is 29.8 Å². The highest BCUT2D eigenvalue weighted by Gasteiger charge is 2.32. The summed E-state index contributed by atoms with van der Waals surface area (Å²) in [5, 5.41) is 12.2. The highest BCUT2D eigenvalue weighted by molar-refractivity contribution is 5.49. The quantitative estimate of drug-likeness (QED) is 0.692. The monoisotopic (exact) mass is 300 g/mol. The van der Waals surface area contributed by atoms with Crippen molar-refractivity contribution in [2.75, 3.05) is 29.9 Å². The van der Waals surface area contributed by atoms with Crippen molar-refractivity contribution < 1.29 is 4.39 Å². The van der Waals surface area contributed by atoms with Crippen molar-refractivity contribution in [3.63, 3.8) is 0 Å². The lowest BCUT2D eigenvalue weighted by atomic mass is 10.1. The van der Waals surface area contributed by atoms with E-state index >= 15 is 0 Å². The molecular formula is C13H13FN8. The number of anilines is 2. The zero-order chi connectivity index (χ0) is 15.1. The Balaban J connectivity index is 1.45. The van der Waals surface area contributed by atoms with Gasteiger partial charge in [-0.1, -0.05) is 0 Å². The van der Waals surface area contributed by atoms with Gasteiger partial charge in [-0.2, -0.15) is 4.52 Å². The van der Waals surface area contributed by atoms with Crippen LogP contribution in [0.15, 0.2) is 30.9 Å². The maximum Gasteiger partial charge on any atom is 0.225 e. The first-order valence-corrected chi connectivity index (χ1v) is 6.83. The Labute approximate surface area is 125 Å². The van der Waals surface area contributed by atoms with Crippen LogP contribution in [-0.4, -0.2) is 56.0 Å². The molecule has 22 heavy (non-hydrogen) atoms. The molecule has 4 heterocycles. The van der Waals surface area contributed by atoms with Gasteiger partial charge in [0.05, 0.1) is 18.4 Å². The van der Waals surface area contributed by atoms with Crippen LogP contribution in [0, 0.1) is 5.82 Å². The number of fused-ring (bicyclic) bond motifs is 1. The summed E-state index contributed by atoms with van der Waals surface area (Å²) in [5.41, 5.74) is 0.720. The van der Waals surface area contributed by atoms with E-state index in [-0.39, 0.29) is 6.04 Å². The van der Waals surface area contributed by atoms with E-state index in [0.717, 1.165) is 24.6 Å². The number of hydrogen-bond donors (Lipinski definition) is 0. The van der Waals surface area contributed by atoms with E-state index in [1.807, 2.05) is 24.1 Å². The molecule has 4 rings (SSSR count). The summed E-state index contributed by atoms with van der Waals surface area (Å²) >= 11 is 0. The number of rotatable bonds is 3. The summed E-state index contributed by atoms with van der Waals surface area (Å²) in [7, 11) is 1.91. The van der Waals surface area contributed by atoms with Crippen molar-refractivity contribution in [2.45, 2.75) is 6.04 Å². The molecule has 1 aliphatic rings. The fraction of sp³-hybridized carbons (Fsp3) is 0.308. The summed E-state index contributed by atoms with van der Waals surface area (Å²) in [6, 6.07) is 4.08. The van der Waals surface area contributed by atoms with Crippen LogP contribution in [0.5, 0.6) is 0 Å². The van der Waals surface area contributed by atoms with Crippen LogP contribution in [-0.2, 0) is 0 Å². The van der Waals surface area contributed by atoms with Crippen molar-refractivity contribution in [1.29, 1.82) is 0 Å². The van der Waals surface area contributed by atoms with Crippen LogP contribution >= 0.6 is 0 Å². The molecule has 9 heteroatoms. The summed E-state index contributed by atoms with van der Waals surface area (Å²) in [5.74, 6) is 0.962. The maximum absolute atomic E-state index is 12.9. The Morgan fingerprint density at radius 1 is 1.23 bits per heavy atom. The lowest BCUT2D eigenvalue weighted by molar-refractivity contribution is 0.483. The van der Waals surface area contributed by atoms with Gasteiger partial charge in [-0.3, -0.25) is 0 Å². The van der Waals surface area contributed by atoms with Gasteiger partial charge in [0.15, 0.2) is 11.5 Å². The number of hydrogen-bond acceptors (Lipinski definition) is 7. The van der Waals surface area contributed by atoms with E-state index in [0.29, 0.717) is 5.95 Å². The zero-order valence-corrected chi connectivity index (χ0v) is 11.8. The van der Waals surface area contributed by atoms with Crippen molar-refractivity contribution in [3.05, 3.63) is 36.7 Å². The van der Waals surface area contributed by atoms with Crippen LogP contribution in [0.1, 0.15) is 0 Å². The smallest absolute Gasteiger partial charge is 0.225 e. The Morgan fingerprint density at radius 3 is 2.77 bits per heavy atom. The van der Waals surface area contributed by atoms with E-state index in [4.69, 9.17) is 0 Å². The van der Waals surface area contributed by atoms with Gasteiger partial charge >= 0.3 is 0 Å². The molecule has 3 aromatic heterocycles. The summed E-state index contributed by atoms with van der Waals surface area (Å²) in [6.45, 7) is 1.61. The number of nitrogens with zero attached hydrogens (tertiary/aromatic N) is 8. The third-order valence-corrected chi connectivity index (χ3v) is 3.80. The second-order valence-corrected chi connectivity index (χ2v) is 5.20. The van der Waals surface area contributed by atoms with E-state index in [2.05, 4.69) is 30.2 Å². The van der Waals surface area contributed by atoms with Crippen LogP contribution in [0.4, 0.5) is 16.2 Å². The third-order valence-electron chi connectivity index (χ3n) is 3.80. The zero-order valence-electron chi connectivity index (χ0n) is 11.8. The molecule has 0 atom stereocenters. The van der Waals surface area contributed by atoms with Crippen LogP contribution in [0.3, 0.4) is 0 Å². The van der Waals surface area contributed by atoms with Crippen molar-refractivity contribution in [2.24, 2.45) is 0 Å². The Hall–Kier alpha value is -2.84. The molecule has 1 aliphatic heterocycles. The van der Waals surface area contributed by atoms with Crippen LogP contribution in [0.2, 0.25) is 0 Å². The van der Waals surface area contributed by atoms with E-state index < -0.39 is 5.82 Å². The second kappa shape index (κ2) is 4.86. The first-order chi connectivity index (χ1) is 10.7. The molecule has 0 aromatic carbocycles. The number of likely N-dealkylation sites (N-methyl/N-ethyl adjacent to an activating group) is 1. The largest absolute Gasteiger partial charge is 0.351 e. The molecule has 0 unspecified atom stereocenters. The van der Waals surface area contributed by atoms with Gasteiger partial charge in [0.25, 0.3) is 0 Å². The topological polar surface area (TPSA) is 75.3 Å². The normalized spacial score (nSPS) is 15.1. The lowest BCUT2D eigenvalue weighted by Gasteiger charge is -2.44. The molecule has 0 saturated carbocycles. The molecule has 0 radical (unpaired) electrons. The summed E-state index contributed by atoms with van der Waals surface area (Å²) in [6.07, 6.45) is 3.93. The van der Waals surface area contributed by atoms with Gasteiger partial charge in [0.2, 0.25) is 5.95 Å². The SMILES string of the molecule is CN(c1ncc(F)cn1)C1CN(c2ccc3nncn3n2)C1. The van der Waals surface area contributed by atoms with Gasteiger partial charge in [-0.15, -0.1) is 15.3 Å². The second-order valence-electron chi connectivity index (χ2n) is 5.20. The number of halogens is 1. The molecule has 1 fully saturated rings. The van der Waals surface area contributed by atoms with E-state index in [1.165, 1.54) is 12.4 Å². The van der Waals surface area contributed by atoms with Crippen molar-refractivity contribution >= 4 is 17.4 Å². The predicted octanol–water partition coefficient (Wildman–Crippen LogP) is 0.378. The molecular weight excluding hydrogens is 287 g/mol. The molecule has 0 N–H and O–H groups in total. The molecule has 0 amide bonds. The maximum atomic E-state index is 12.9. The molecule has 112 valence electrons. The third kappa shape index (κ3) is 2.10. The minimum absolute atomic E-state index is 0.267. The average molecular weight is 300 g/mol. The van der Waals surface area contributed by atoms with Gasteiger partial charge in [0, 0.05) is 20.1 Å². The van der Waals surface area contributed by atoms with Gasteiger partial charge in [0.1, 0.15) is 12.1 Å². The molecule has 8 nitrogen and oxygen atoms in total. The first-order valence-electron chi connectivity index (χ1n) is 6.83. The number of aromatic nitrogens is 6. The predicted molar refractivity (Wildman–Crippen MR) is 77.2 cm³/mol. The van der Waals surface area contributed by atoms with Gasteiger partial charge < -0.3 is 9.80 Å². The molecule has 1 saturated heterocycles. The Bertz CT molecular complexity index is 795. The summed E-state index contributed by atoms with van der Waals surface area (Å²) < 4.78 is 14.5. The fourth-order valence-corrected chi connectivity index (χ4v) is 2.43. The van der Waals surface area contributed by atoms with Crippen LogP contribution in [0.25, 0.3) is 5.65 Å². The first kappa shape index (κ1) is 12.9. The Kier molecular flexibility index (Phi) is 2.84. The highest BCUT2D eigenvalue weighted by atomic mass is 19.1. The van der Waals surface area contributed by atoms with E-state index in [1.54, 1.807) is 10.8 Å². The minimum Gasteiger partial charge on any atom is -0.351 e. The molecule has 3 aromatic rings. The van der Waals surface area contributed by atoms with Crippen LogP contribution < -0.4 is 9.80 Å².